The average molecular weight is 397 g/mol. The van der Waals surface area contributed by atoms with Crippen molar-refractivity contribution in [3.05, 3.63) is 65.2 Å². The van der Waals surface area contributed by atoms with Gasteiger partial charge in [-0.2, -0.15) is 0 Å². The molecule has 2 amide bonds. The summed E-state index contributed by atoms with van der Waals surface area (Å²) in [5.41, 5.74) is 2.18. The van der Waals surface area contributed by atoms with Crippen LogP contribution in [0.5, 0.6) is 0 Å². The number of hydrogen-bond donors (Lipinski definition) is 0. The smallest absolute Gasteiger partial charge is 0.228 e. The summed E-state index contributed by atoms with van der Waals surface area (Å²) in [6.07, 6.45) is 3.44. The molecule has 2 aromatic carbocycles. The zero-order chi connectivity index (χ0) is 19.5. The van der Waals surface area contributed by atoms with Crippen LogP contribution in [0.4, 0.5) is 5.69 Å². The number of piperidine rings is 1. The third kappa shape index (κ3) is 4.22. The third-order valence-electron chi connectivity index (χ3n) is 5.91. The van der Waals surface area contributed by atoms with Crippen molar-refractivity contribution in [2.45, 2.75) is 25.7 Å². The largest absolute Gasteiger partial charge is 0.342 e. The lowest BCUT2D eigenvalue weighted by molar-refractivity contribution is -0.137. The first kappa shape index (κ1) is 19.0. The summed E-state index contributed by atoms with van der Waals surface area (Å²) < 4.78 is 0. The highest BCUT2D eigenvalue weighted by molar-refractivity contribution is 6.30. The van der Waals surface area contributed by atoms with Gasteiger partial charge in [0.25, 0.3) is 0 Å². The third-order valence-corrected chi connectivity index (χ3v) is 6.16. The molecule has 2 fully saturated rings. The van der Waals surface area contributed by atoms with Crippen molar-refractivity contribution in [2.24, 2.45) is 11.8 Å². The number of amides is 2. The molecule has 146 valence electrons. The van der Waals surface area contributed by atoms with E-state index < -0.39 is 0 Å². The first-order chi connectivity index (χ1) is 13.6. The summed E-state index contributed by atoms with van der Waals surface area (Å²) in [5.74, 6) is 0.527. The predicted octanol–water partition coefficient (Wildman–Crippen LogP) is 4.17. The number of rotatable bonds is 4. The fourth-order valence-electron chi connectivity index (χ4n) is 4.31. The second kappa shape index (κ2) is 8.36. The Kier molecular flexibility index (Phi) is 5.67. The number of likely N-dealkylation sites (tertiary alicyclic amines) is 1. The molecule has 4 nitrogen and oxygen atoms in total. The normalized spacial score (nSPS) is 20.6. The fourth-order valence-corrected chi connectivity index (χ4v) is 4.43. The van der Waals surface area contributed by atoms with Gasteiger partial charge in [-0.05, 0) is 55.0 Å². The maximum Gasteiger partial charge on any atom is 0.228 e. The van der Waals surface area contributed by atoms with Crippen LogP contribution in [0.1, 0.15) is 24.8 Å². The predicted molar refractivity (Wildman–Crippen MR) is 111 cm³/mol. The van der Waals surface area contributed by atoms with E-state index in [1.54, 1.807) is 17.0 Å². The highest BCUT2D eigenvalue weighted by Crippen LogP contribution is 2.29. The van der Waals surface area contributed by atoms with Crippen molar-refractivity contribution in [2.75, 3.05) is 24.5 Å². The second-order valence-electron chi connectivity index (χ2n) is 7.84. The van der Waals surface area contributed by atoms with Crippen molar-refractivity contribution in [1.29, 1.82) is 0 Å². The summed E-state index contributed by atoms with van der Waals surface area (Å²) >= 11 is 5.93. The number of carbonyl (C=O) groups is 2. The minimum atomic E-state index is -0.242. The number of carbonyl (C=O) groups excluding carboxylic acids is 2. The van der Waals surface area contributed by atoms with Gasteiger partial charge in [0, 0.05) is 36.8 Å². The molecule has 28 heavy (non-hydrogen) atoms. The maximum atomic E-state index is 13.0. The monoisotopic (exact) mass is 396 g/mol. The Balaban J connectivity index is 1.32. The van der Waals surface area contributed by atoms with E-state index in [9.17, 15) is 9.59 Å². The zero-order valence-corrected chi connectivity index (χ0v) is 16.6. The molecule has 4 rings (SSSR count). The van der Waals surface area contributed by atoms with Crippen LogP contribution in [-0.4, -0.2) is 36.3 Å². The summed E-state index contributed by atoms with van der Waals surface area (Å²) in [6.45, 7) is 2.05. The number of halogens is 1. The Morgan fingerprint density at radius 3 is 2.36 bits per heavy atom. The first-order valence-electron chi connectivity index (χ1n) is 9.99. The van der Waals surface area contributed by atoms with E-state index in [4.69, 9.17) is 11.6 Å². The molecule has 0 aliphatic carbocycles. The van der Waals surface area contributed by atoms with Crippen molar-refractivity contribution < 1.29 is 9.59 Å². The number of nitrogens with zero attached hydrogens (tertiary/aromatic N) is 2. The molecule has 2 aromatic rings. The second-order valence-corrected chi connectivity index (χ2v) is 8.28. The number of hydrogen-bond acceptors (Lipinski definition) is 2. The quantitative estimate of drug-likeness (QED) is 0.778. The number of anilines is 1. The Morgan fingerprint density at radius 2 is 1.68 bits per heavy atom. The van der Waals surface area contributed by atoms with E-state index in [0.717, 1.165) is 38.0 Å². The van der Waals surface area contributed by atoms with Crippen LogP contribution in [0.25, 0.3) is 0 Å². The van der Waals surface area contributed by atoms with Crippen LogP contribution in [0.15, 0.2) is 54.6 Å². The lowest BCUT2D eigenvalue weighted by Crippen LogP contribution is -2.42. The Bertz CT molecular complexity index is 829. The van der Waals surface area contributed by atoms with Crippen molar-refractivity contribution in [3.63, 3.8) is 0 Å². The Hall–Kier alpha value is -2.33. The van der Waals surface area contributed by atoms with Crippen molar-refractivity contribution >= 4 is 29.1 Å². The SMILES string of the molecule is O=C([C@H]1CC(=O)N(c2ccc(Cl)cc2)C1)N1CCC(Cc2ccccc2)CC1. The molecule has 0 unspecified atom stereocenters. The number of benzene rings is 2. The molecule has 0 bridgehead atoms. The summed E-state index contributed by atoms with van der Waals surface area (Å²) in [6, 6.07) is 17.8. The Labute approximate surface area is 171 Å². The molecule has 2 aliphatic rings. The van der Waals surface area contributed by atoms with E-state index >= 15 is 0 Å². The van der Waals surface area contributed by atoms with Crippen LogP contribution >= 0.6 is 11.6 Å². The Morgan fingerprint density at radius 1 is 1.00 bits per heavy atom. The van der Waals surface area contributed by atoms with Gasteiger partial charge in [0.2, 0.25) is 11.8 Å². The topological polar surface area (TPSA) is 40.6 Å². The molecular weight excluding hydrogens is 372 g/mol. The van der Waals surface area contributed by atoms with Gasteiger partial charge in [-0.3, -0.25) is 9.59 Å². The molecule has 0 saturated carbocycles. The van der Waals surface area contributed by atoms with Crippen molar-refractivity contribution in [3.8, 4) is 0 Å². The van der Waals surface area contributed by atoms with E-state index in [0.29, 0.717) is 23.9 Å². The van der Waals surface area contributed by atoms with Gasteiger partial charge in [0.05, 0.1) is 5.92 Å². The summed E-state index contributed by atoms with van der Waals surface area (Å²) in [4.78, 5) is 29.1. The highest BCUT2D eigenvalue weighted by atomic mass is 35.5. The first-order valence-corrected chi connectivity index (χ1v) is 10.4. The van der Waals surface area contributed by atoms with E-state index in [2.05, 4.69) is 24.3 Å². The standard InChI is InChI=1S/C23H25ClN2O2/c24-20-6-8-21(9-7-20)26-16-19(15-22(26)27)23(28)25-12-10-18(11-13-25)14-17-4-2-1-3-5-17/h1-9,18-19H,10-16H2/t19-/m0/s1. The molecule has 0 spiro atoms. The molecule has 5 heteroatoms. The molecule has 0 aromatic heterocycles. The van der Waals surface area contributed by atoms with Gasteiger partial charge >= 0.3 is 0 Å². The van der Waals surface area contributed by atoms with E-state index in [1.165, 1.54) is 5.56 Å². The minimum Gasteiger partial charge on any atom is -0.342 e. The van der Waals surface area contributed by atoms with E-state index in [-0.39, 0.29) is 17.7 Å². The molecular formula is C23H25ClN2O2. The van der Waals surface area contributed by atoms with Gasteiger partial charge in [0.15, 0.2) is 0 Å². The van der Waals surface area contributed by atoms with Gasteiger partial charge in [-0.15, -0.1) is 0 Å². The van der Waals surface area contributed by atoms with Crippen LogP contribution in [-0.2, 0) is 16.0 Å². The molecule has 0 N–H and O–H groups in total. The summed E-state index contributed by atoms with van der Waals surface area (Å²) in [5, 5.41) is 0.640. The van der Waals surface area contributed by atoms with Crippen LogP contribution < -0.4 is 4.90 Å². The molecule has 1 atom stereocenters. The van der Waals surface area contributed by atoms with Crippen molar-refractivity contribution in [1.82, 2.24) is 4.90 Å². The lowest BCUT2D eigenvalue weighted by atomic mass is 9.89. The van der Waals surface area contributed by atoms with Crippen LogP contribution in [0, 0.1) is 11.8 Å². The molecule has 0 radical (unpaired) electrons. The molecule has 2 aliphatic heterocycles. The van der Waals surface area contributed by atoms with E-state index in [1.807, 2.05) is 23.1 Å². The maximum absolute atomic E-state index is 13.0. The molecule has 2 heterocycles. The molecule has 2 saturated heterocycles. The van der Waals surface area contributed by atoms with Crippen LogP contribution in [0.3, 0.4) is 0 Å². The van der Waals surface area contributed by atoms with Crippen LogP contribution in [0.2, 0.25) is 5.02 Å². The average Bonchev–Trinajstić information content (AvgIpc) is 3.11. The summed E-state index contributed by atoms with van der Waals surface area (Å²) in [7, 11) is 0. The highest BCUT2D eigenvalue weighted by Gasteiger charge is 2.38. The minimum absolute atomic E-state index is 0.0136. The van der Waals surface area contributed by atoms with Gasteiger partial charge < -0.3 is 9.80 Å². The lowest BCUT2D eigenvalue weighted by Gasteiger charge is -2.33. The zero-order valence-electron chi connectivity index (χ0n) is 15.9. The fraction of sp³-hybridized carbons (Fsp3) is 0.391. The van der Waals surface area contributed by atoms with Gasteiger partial charge in [-0.1, -0.05) is 41.9 Å². The van der Waals surface area contributed by atoms with Gasteiger partial charge in [0.1, 0.15) is 0 Å². The van der Waals surface area contributed by atoms with Gasteiger partial charge in [-0.25, -0.2) is 0 Å².